The van der Waals surface area contributed by atoms with Crippen LogP contribution in [0.5, 0.6) is 5.75 Å². The molecule has 0 fully saturated rings. The van der Waals surface area contributed by atoms with Crippen molar-refractivity contribution in [3.63, 3.8) is 0 Å². The highest BCUT2D eigenvalue weighted by molar-refractivity contribution is 6.30. The van der Waals surface area contributed by atoms with Gasteiger partial charge in [0.2, 0.25) is 5.91 Å². The minimum atomic E-state index is -1.43. The number of nitrogens with zero attached hydrogens (tertiary/aromatic N) is 4. The van der Waals surface area contributed by atoms with Crippen molar-refractivity contribution in [3.05, 3.63) is 68.2 Å². The molecule has 0 saturated heterocycles. The van der Waals surface area contributed by atoms with E-state index in [2.05, 4.69) is 15.7 Å². The highest BCUT2D eigenvalue weighted by atomic mass is 35.5. The Kier molecular flexibility index (Phi) is 10.6. The van der Waals surface area contributed by atoms with Crippen LogP contribution in [0.15, 0.2) is 41.4 Å². The number of nitro groups is 1. The molecule has 2 aromatic rings. The summed E-state index contributed by atoms with van der Waals surface area (Å²) in [5.74, 6) is -1.67. The summed E-state index contributed by atoms with van der Waals surface area (Å²) in [5, 5.41) is 25.8. The van der Waals surface area contributed by atoms with E-state index < -0.39 is 46.0 Å². The molecule has 14 heteroatoms. The third kappa shape index (κ3) is 7.92. The van der Waals surface area contributed by atoms with E-state index in [0.717, 1.165) is 17.0 Å². The van der Waals surface area contributed by atoms with Gasteiger partial charge in [-0.3, -0.25) is 24.8 Å². The summed E-state index contributed by atoms with van der Waals surface area (Å²) >= 11 is 6.19. The number of rotatable bonds is 10. The van der Waals surface area contributed by atoms with E-state index in [9.17, 15) is 29.6 Å². The van der Waals surface area contributed by atoms with Crippen molar-refractivity contribution >= 4 is 41.0 Å². The standard InChI is InChI=1S/C27H33ClN6O7/c1-5-6-21(16-7-9-20(26(36)37)22(13-16)34(39)40)30-27(38)33-15-24(31-32(2)3)29-14-18(25(33)35)11-17-12-19(28)8-10-23(17)41-4/h7-10,12-13,18,21H,5-6,11,14-15H2,1-4H3,(H,29,31)(H,30,38)(H,36,37)/t18-,21+/m0/s1. The van der Waals surface area contributed by atoms with Gasteiger partial charge in [0.25, 0.3) is 5.69 Å². The van der Waals surface area contributed by atoms with Crippen molar-refractivity contribution in [3.8, 4) is 5.75 Å². The van der Waals surface area contributed by atoms with Crippen LogP contribution in [0.3, 0.4) is 0 Å². The van der Waals surface area contributed by atoms with Gasteiger partial charge >= 0.3 is 12.0 Å². The lowest BCUT2D eigenvalue weighted by atomic mass is 9.97. The molecule has 2 atom stereocenters. The first-order valence-corrected chi connectivity index (χ1v) is 13.3. The number of urea groups is 1. The van der Waals surface area contributed by atoms with Gasteiger partial charge < -0.3 is 20.6 Å². The number of nitrogens with one attached hydrogen (secondary N) is 2. The third-order valence-corrected chi connectivity index (χ3v) is 6.69. The Balaban J connectivity index is 1.94. The zero-order valence-corrected chi connectivity index (χ0v) is 24.0. The van der Waals surface area contributed by atoms with Gasteiger partial charge in [-0.05, 0) is 48.2 Å². The van der Waals surface area contributed by atoms with E-state index in [-0.39, 0.29) is 19.5 Å². The fourth-order valence-electron chi connectivity index (χ4n) is 4.56. The second kappa shape index (κ2) is 13.9. The zero-order chi connectivity index (χ0) is 30.3. The number of methoxy groups -OCH3 is 1. The first kappa shape index (κ1) is 31.3. The van der Waals surface area contributed by atoms with Crippen LogP contribution in [0.1, 0.15) is 47.3 Å². The maximum absolute atomic E-state index is 13.8. The second-order valence-corrected chi connectivity index (χ2v) is 10.1. The lowest BCUT2D eigenvalue weighted by molar-refractivity contribution is -0.385. The number of ether oxygens (including phenoxy) is 1. The summed E-state index contributed by atoms with van der Waals surface area (Å²) in [5.41, 5.74) is 3.01. The van der Waals surface area contributed by atoms with Crippen molar-refractivity contribution in [1.29, 1.82) is 0 Å². The molecular weight excluding hydrogens is 556 g/mol. The van der Waals surface area contributed by atoms with Crippen LogP contribution in [0.4, 0.5) is 10.5 Å². The van der Waals surface area contributed by atoms with Gasteiger partial charge in [0.15, 0.2) is 0 Å². The van der Waals surface area contributed by atoms with Gasteiger partial charge in [-0.1, -0.05) is 31.0 Å². The monoisotopic (exact) mass is 588 g/mol. The average molecular weight is 589 g/mol. The number of amidine groups is 1. The summed E-state index contributed by atoms with van der Waals surface area (Å²) in [4.78, 5) is 55.3. The number of carboxylic acids is 1. The van der Waals surface area contributed by atoms with Crippen LogP contribution >= 0.6 is 11.6 Å². The van der Waals surface area contributed by atoms with Crippen molar-refractivity contribution in [2.24, 2.45) is 10.9 Å². The molecule has 2 aromatic carbocycles. The Hall–Kier alpha value is -4.23. The average Bonchev–Trinajstić information content (AvgIpc) is 3.06. The number of carbonyl (C=O) groups is 3. The Bertz CT molecular complexity index is 1350. The largest absolute Gasteiger partial charge is 0.496 e. The minimum Gasteiger partial charge on any atom is -0.496 e. The molecule has 3 N–H and O–H groups in total. The first-order chi connectivity index (χ1) is 19.4. The molecular formula is C27H33ClN6O7. The maximum Gasteiger partial charge on any atom is 0.342 e. The first-order valence-electron chi connectivity index (χ1n) is 12.9. The van der Waals surface area contributed by atoms with Gasteiger partial charge in [-0.15, -0.1) is 0 Å². The molecule has 0 saturated carbocycles. The van der Waals surface area contributed by atoms with Crippen LogP contribution in [-0.4, -0.2) is 78.0 Å². The van der Waals surface area contributed by atoms with Gasteiger partial charge in [0, 0.05) is 25.2 Å². The van der Waals surface area contributed by atoms with E-state index in [1.54, 1.807) is 37.3 Å². The summed E-state index contributed by atoms with van der Waals surface area (Å²) in [6, 6.07) is 7.36. The molecule has 220 valence electrons. The van der Waals surface area contributed by atoms with Crippen LogP contribution in [0.25, 0.3) is 0 Å². The number of halogens is 1. The number of aromatic carboxylic acids is 1. The number of nitro benzene ring substituents is 1. The number of hydrogen-bond donors (Lipinski definition) is 3. The summed E-state index contributed by atoms with van der Waals surface area (Å²) in [6.07, 6.45) is 1.20. The Morgan fingerprint density at radius 2 is 2.02 bits per heavy atom. The molecule has 0 bridgehead atoms. The number of carboxylic acid groups (broad SMARTS) is 1. The smallest absolute Gasteiger partial charge is 0.342 e. The van der Waals surface area contributed by atoms with E-state index in [1.165, 1.54) is 13.2 Å². The van der Waals surface area contributed by atoms with Crippen LogP contribution in [0, 0.1) is 16.0 Å². The number of hydrogen-bond acceptors (Lipinski definition) is 9. The number of imide groups is 1. The van der Waals surface area contributed by atoms with Crippen molar-refractivity contribution in [2.45, 2.75) is 32.2 Å². The predicted molar refractivity (Wildman–Crippen MR) is 152 cm³/mol. The van der Waals surface area contributed by atoms with Gasteiger partial charge in [0.05, 0.1) is 37.1 Å². The zero-order valence-electron chi connectivity index (χ0n) is 23.2. The lowest BCUT2D eigenvalue weighted by Gasteiger charge is -2.27. The summed E-state index contributed by atoms with van der Waals surface area (Å²) in [7, 11) is 5.01. The predicted octanol–water partition coefficient (Wildman–Crippen LogP) is 3.67. The second-order valence-electron chi connectivity index (χ2n) is 9.70. The van der Waals surface area contributed by atoms with Gasteiger partial charge in [-0.2, -0.15) is 0 Å². The van der Waals surface area contributed by atoms with Gasteiger partial charge in [0.1, 0.15) is 17.1 Å². The number of benzene rings is 2. The molecule has 0 unspecified atom stereocenters. The molecule has 1 aliphatic rings. The molecule has 0 aromatic heterocycles. The molecule has 13 nitrogen and oxygen atoms in total. The Labute approximate surface area is 242 Å². The van der Waals surface area contributed by atoms with E-state index in [1.807, 2.05) is 6.92 Å². The molecule has 1 aliphatic heterocycles. The van der Waals surface area contributed by atoms with Crippen molar-refractivity contribution in [2.75, 3.05) is 34.3 Å². The molecule has 1 heterocycles. The Morgan fingerprint density at radius 3 is 2.63 bits per heavy atom. The normalized spacial score (nSPS) is 16.0. The molecule has 0 radical (unpaired) electrons. The molecule has 0 spiro atoms. The maximum atomic E-state index is 13.8. The molecule has 3 amide bonds. The highest BCUT2D eigenvalue weighted by Crippen LogP contribution is 2.29. The molecule has 41 heavy (non-hydrogen) atoms. The highest BCUT2D eigenvalue weighted by Gasteiger charge is 2.34. The fourth-order valence-corrected chi connectivity index (χ4v) is 4.75. The molecule has 0 aliphatic carbocycles. The van der Waals surface area contributed by atoms with Crippen LogP contribution < -0.4 is 15.5 Å². The Morgan fingerprint density at radius 1 is 1.29 bits per heavy atom. The summed E-state index contributed by atoms with van der Waals surface area (Å²) < 4.78 is 5.43. The number of carbonyl (C=O) groups excluding carboxylic acids is 2. The van der Waals surface area contributed by atoms with Gasteiger partial charge in [-0.25, -0.2) is 14.6 Å². The topological polar surface area (TPSA) is 167 Å². The third-order valence-electron chi connectivity index (χ3n) is 6.46. The van der Waals surface area contributed by atoms with Crippen molar-refractivity contribution < 1.29 is 29.2 Å². The van der Waals surface area contributed by atoms with Crippen molar-refractivity contribution in [1.82, 2.24) is 20.7 Å². The quantitative estimate of drug-likeness (QED) is 0.277. The minimum absolute atomic E-state index is 0.107. The molecule has 3 rings (SSSR count). The number of amides is 3. The summed E-state index contributed by atoms with van der Waals surface area (Å²) in [6.45, 7) is 1.84. The fraction of sp³-hybridized carbons (Fsp3) is 0.407. The number of hydrazine groups is 1. The SMILES string of the molecule is CCC[C@@H](NC(=O)N1CC(NN(C)C)=NC[C@H](Cc2cc(Cl)ccc2OC)C1=O)c1ccc(C(=O)O)c([N+](=O)[O-])c1. The van der Waals surface area contributed by atoms with E-state index in [0.29, 0.717) is 40.6 Å². The van der Waals surface area contributed by atoms with Crippen LogP contribution in [0.2, 0.25) is 5.02 Å². The van der Waals surface area contributed by atoms with Crippen LogP contribution in [-0.2, 0) is 11.2 Å². The lowest BCUT2D eigenvalue weighted by Crippen LogP contribution is -2.51. The number of aliphatic imine (C=N–C) groups is 1. The van der Waals surface area contributed by atoms with E-state index in [4.69, 9.17) is 16.3 Å². The van der Waals surface area contributed by atoms with E-state index >= 15 is 0 Å².